The fraction of sp³-hybridized carbons (Fsp3) is 0.476. The Morgan fingerprint density at radius 3 is 2.83 bits per heavy atom. The standard InChI is InChI=1S/C21H28N6O2/c1-16-23-17(15-26(16)13-14-29-2)20-24-19(18-7-3-4-11-27(18)20)21(28)22-8-12-25-9-5-6-10-25/h3-4,7,11,15H,5-6,8-10,12-14H2,1-2H3,(H,22,28). The molecule has 1 aliphatic heterocycles. The van der Waals surface area contributed by atoms with Gasteiger partial charge in [0.2, 0.25) is 0 Å². The number of rotatable bonds is 8. The number of fused-ring (bicyclic) bond motifs is 1. The van der Waals surface area contributed by atoms with Crippen molar-refractivity contribution in [2.45, 2.75) is 26.3 Å². The molecule has 1 aliphatic rings. The van der Waals surface area contributed by atoms with Crippen LogP contribution in [0.15, 0.2) is 30.6 Å². The zero-order valence-electron chi connectivity index (χ0n) is 17.1. The molecule has 4 heterocycles. The van der Waals surface area contributed by atoms with Gasteiger partial charge in [-0.2, -0.15) is 0 Å². The molecule has 0 unspecified atom stereocenters. The van der Waals surface area contributed by atoms with Crippen LogP contribution in [0, 0.1) is 6.92 Å². The lowest BCUT2D eigenvalue weighted by molar-refractivity contribution is 0.0947. The van der Waals surface area contributed by atoms with Gasteiger partial charge in [-0.1, -0.05) is 6.07 Å². The van der Waals surface area contributed by atoms with E-state index in [1.807, 2.05) is 46.5 Å². The highest BCUT2D eigenvalue weighted by atomic mass is 16.5. The maximum absolute atomic E-state index is 12.8. The molecule has 1 amide bonds. The quantitative estimate of drug-likeness (QED) is 0.630. The lowest BCUT2D eigenvalue weighted by atomic mass is 10.3. The highest BCUT2D eigenvalue weighted by Crippen LogP contribution is 2.22. The first-order chi connectivity index (χ1) is 14.2. The molecule has 4 rings (SSSR count). The van der Waals surface area contributed by atoms with Gasteiger partial charge in [0.1, 0.15) is 11.5 Å². The number of pyridine rings is 1. The third kappa shape index (κ3) is 4.18. The Morgan fingerprint density at radius 2 is 2.03 bits per heavy atom. The number of nitrogens with one attached hydrogen (secondary N) is 1. The number of imidazole rings is 2. The zero-order chi connectivity index (χ0) is 20.2. The van der Waals surface area contributed by atoms with Crippen molar-refractivity contribution in [2.24, 2.45) is 0 Å². The number of carbonyl (C=O) groups excluding carboxylic acids is 1. The van der Waals surface area contributed by atoms with Crippen molar-refractivity contribution >= 4 is 11.4 Å². The van der Waals surface area contributed by atoms with Crippen LogP contribution < -0.4 is 5.32 Å². The Bertz CT molecular complexity index is 986. The van der Waals surface area contributed by atoms with Gasteiger partial charge in [0.15, 0.2) is 11.5 Å². The summed E-state index contributed by atoms with van der Waals surface area (Å²) in [5.74, 6) is 1.42. The number of aromatic nitrogens is 4. The van der Waals surface area contributed by atoms with Crippen LogP contribution in [0.2, 0.25) is 0 Å². The SMILES string of the molecule is COCCn1cc(-c2nc(C(=O)NCCN3CCCC3)c3ccccn23)nc1C. The van der Waals surface area contributed by atoms with Crippen LogP contribution in [-0.2, 0) is 11.3 Å². The molecule has 0 saturated carbocycles. The molecular weight excluding hydrogens is 368 g/mol. The van der Waals surface area contributed by atoms with Crippen LogP contribution in [0.25, 0.3) is 17.0 Å². The first-order valence-corrected chi connectivity index (χ1v) is 10.2. The topological polar surface area (TPSA) is 76.7 Å². The van der Waals surface area contributed by atoms with Crippen molar-refractivity contribution < 1.29 is 9.53 Å². The molecule has 0 aliphatic carbocycles. The van der Waals surface area contributed by atoms with E-state index in [2.05, 4.69) is 20.2 Å². The number of carbonyl (C=O) groups is 1. The van der Waals surface area contributed by atoms with Crippen LogP contribution in [0.1, 0.15) is 29.2 Å². The van der Waals surface area contributed by atoms with Gasteiger partial charge in [-0.3, -0.25) is 9.20 Å². The normalized spacial score (nSPS) is 14.7. The Hall–Kier alpha value is -2.71. The molecule has 1 fully saturated rings. The van der Waals surface area contributed by atoms with E-state index in [1.165, 1.54) is 12.8 Å². The van der Waals surface area contributed by atoms with Crippen molar-refractivity contribution in [3.05, 3.63) is 42.1 Å². The van der Waals surface area contributed by atoms with E-state index in [0.717, 1.165) is 43.2 Å². The summed E-state index contributed by atoms with van der Waals surface area (Å²) in [6, 6.07) is 5.77. The second kappa shape index (κ2) is 8.75. The van der Waals surface area contributed by atoms with Crippen molar-refractivity contribution in [2.75, 3.05) is 39.9 Å². The maximum atomic E-state index is 12.8. The molecule has 3 aromatic rings. The molecule has 8 heteroatoms. The molecule has 3 aromatic heterocycles. The molecular formula is C21H28N6O2. The minimum Gasteiger partial charge on any atom is -0.383 e. The molecule has 0 atom stereocenters. The van der Waals surface area contributed by atoms with Gasteiger partial charge in [0, 0.05) is 39.1 Å². The van der Waals surface area contributed by atoms with Crippen LogP contribution >= 0.6 is 0 Å². The molecule has 0 bridgehead atoms. The second-order valence-corrected chi connectivity index (χ2v) is 7.40. The number of amides is 1. The molecule has 0 spiro atoms. The molecule has 1 N–H and O–H groups in total. The van der Waals surface area contributed by atoms with Gasteiger partial charge in [-0.15, -0.1) is 0 Å². The number of aryl methyl sites for hydroxylation is 1. The second-order valence-electron chi connectivity index (χ2n) is 7.40. The van der Waals surface area contributed by atoms with E-state index in [-0.39, 0.29) is 5.91 Å². The van der Waals surface area contributed by atoms with Gasteiger partial charge in [-0.05, 0) is 45.0 Å². The average molecular weight is 396 g/mol. The molecule has 0 radical (unpaired) electrons. The summed E-state index contributed by atoms with van der Waals surface area (Å²) >= 11 is 0. The van der Waals surface area contributed by atoms with Gasteiger partial charge in [0.05, 0.1) is 12.1 Å². The average Bonchev–Trinajstić information content (AvgIpc) is 3.45. The first kappa shape index (κ1) is 19.6. The predicted molar refractivity (Wildman–Crippen MR) is 111 cm³/mol. The van der Waals surface area contributed by atoms with Crippen molar-refractivity contribution in [1.29, 1.82) is 0 Å². The fourth-order valence-electron chi connectivity index (χ4n) is 3.84. The van der Waals surface area contributed by atoms with E-state index in [1.54, 1.807) is 7.11 Å². The number of hydrogen-bond donors (Lipinski definition) is 1. The minimum absolute atomic E-state index is 0.144. The van der Waals surface area contributed by atoms with E-state index in [4.69, 9.17) is 4.74 Å². The first-order valence-electron chi connectivity index (χ1n) is 10.2. The summed E-state index contributed by atoms with van der Waals surface area (Å²) < 4.78 is 9.14. The summed E-state index contributed by atoms with van der Waals surface area (Å²) in [5.41, 5.74) is 1.97. The highest BCUT2D eigenvalue weighted by Gasteiger charge is 2.20. The predicted octanol–water partition coefficient (Wildman–Crippen LogP) is 1.98. The van der Waals surface area contributed by atoms with Gasteiger partial charge >= 0.3 is 0 Å². The maximum Gasteiger partial charge on any atom is 0.272 e. The molecule has 1 saturated heterocycles. The van der Waals surface area contributed by atoms with Crippen LogP contribution in [0.5, 0.6) is 0 Å². The number of methoxy groups -OCH3 is 1. The van der Waals surface area contributed by atoms with E-state index in [0.29, 0.717) is 24.7 Å². The largest absolute Gasteiger partial charge is 0.383 e. The number of hydrogen-bond acceptors (Lipinski definition) is 5. The molecule has 0 aromatic carbocycles. The number of nitrogens with zero attached hydrogens (tertiary/aromatic N) is 5. The Kier molecular flexibility index (Phi) is 5.92. The monoisotopic (exact) mass is 396 g/mol. The summed E-state index contributed by atoms with van der Waals surface area (Å²) in [7, 11) is 1.68. The highest BCUT2D eigenvalue weighted by molar-refractivity contribution is 5.99. The van der Waals surface area contributed by atoms with E-state index >= 15 is 0 Å². The fourth-order valence-corrected chi connectivity index (χ4v) is 3.84. The van der Waals surface area contributed by atoms with Crippen LogP contribution in [0.4, 0.5) is 0 Å². The summed E-state index contributed by atoms with van der Waals surface area (Å²) in [6.07, 6.45) is 6.38. The summed E-state index contributed by atoms with van der Waals surface area (Å²) in [4.78, 5) is 24.6. The summed E-state index contributed by atoms with van der Waals surface area (Å²) in [6.45, 7) is 7.06. The lowest BCUT2D eigenvalue weighted by Gasteiger charge is -2.14. The van der Waals surface area contributed by atoms with Gasteiger partial charge in [0.25, 0.3) is 5.91 Å². The third-order valence-corrected chi connectivity index (χ3v) is 5.42. The minimum atomic E-state index is -0.144. The Morgan fingerprint density at radius 1 is 1.21 bits per heavy atom. The van der Waals surface area contributed by atoms with E-state index < -0.39 is 0 Å². The lowest BCUT2D eigenvalue weighted by Crippen LogP contribution is -2.33. The van der Waals surface area contributed by atoms with Crippen LogP contribution in [-0.4, -0.2) is 69.6 Å². The molecule has 8 nitrogen and oxygen atoms in total. The van der Waals surface area contributed by atoms with Gasteiger partial charge < -0.3 is 19.5 Å². The smallest absolute Gasteiger partial charge is 0.272 e. The van der Waals surface area contributed by atoms with E-state index in [9.17, 15) is 4.79 Å². The molecule has 154 valence electrons. The van der Waals surface area contributed by atoms with Crippen molar-refractivity contribution in [3.8, 4) is 11.5 Å². The Labute approximate surface area is 170 Å². The molecule has 29 heavy (non-hydrogen) atoms. The number of likely N-dealkylation sites (tertiary alicyclic amines) is 1. The number of ether oxygens (including phenoxy) is 1. The van der Waals surface area contributed by atoms with Crippen molar-refractivity contribution in [1.82, 2.24) is 29.2 Å². The zero-order valence-corrected chi connectivity index (χ0v) is 17.1. The van der Waals surface area contributed by atoms with Crippen LogP contribution in [0.3, 0.4) is 0 Å². The summed E-state index contributed by atoms with van der Waals surface area (Å²) in [5, 5.41) is 3.03. The Balaban J connectivity index is 1.57. The van der Waals surface area contributed by atoms with Crippen molar-refractivity contribution in [3.63, 3.8) is 0 Å². The third-order valence-electron chi connectivity index (χ3n) is 5.42. The van der Waals surface area contributed by atoms with Gasteiger partial charge in [-0.25, -0.2) is 9.97 Å².